The van der Waals surface area contributed by atoms with E-state index in [1.165, 1.54) is 56.2 Å². The highest BCUT2D eigenvalue weighted by molar-refractivity contribution is 5.63. The lowest BCUT2D eigenvalue weighted by Crippen LogP contribution is -2.14. The first-order valence-corrected chi connectivity index (χ1v) is 9.07. The van der Waals surface area contributed by atoms with Gasteiger partial charge in [0.25, 0.3) is 0 Å². The van der Waals surface area contributed by atoms with Gasteiger partial charge in [0.1, 0.15) is 0 Å². The normalized spacial score (nSPS) is 21.0. The van der Waals surface area contributed by atoms with Crippen molar-refractivity contribution in [1.29, 1.82) is 0 Å². The van der Waals surface area contributed by atoms with Crippen molar-refractivity contribution in [2.45, 2.75) is 51.9 Å². The molecule has 1 saturated carbocycles. The summed E-state index contributed by atoms with van der Waals surface area (Å²) in [6, 6.07) is 10.5. The van der Waals surface area contributed by atoms with Gasteiger partial charge in [-0.15, -0.1) is 0 Å². The van der Waals surface area contributed by atoms with Crippen LogP contribution in [0.2, 0.25) is 0 Å². The molecule has 128 valence electrons. The first-order chi connectivity index (χ1) is 11.7. The number of halogens is 2. The number of aryl methyl sites for hydroxylation is 1. The fourth-order valence-corrected chi connectivity index (χ4v) is 3.78. The first-order valence-electron chi connectivity index (χ1n) is 9.07. The van der Waals surface area contributed by atoms with Gasteiger partial charge in [0.15, 0.2) is 0 Å². The number of benzene rings is 1. The highest BCUT2D eigenvalue weighted by Crippen LogP contribution is 2.33. The van der Waals surface area contributed by atoms with E-state index in [0.717, 1.165) is 23.8 Å². The van der Waals surface area contributed by atoms with E-state index < -0.39 is 11.9 Å². The van der Waals surface area contributed by atoms with Crippen molar-refractivity contribution in [1.82, 2.24) is 4.98 Å². The lowest BCUT2D eigenvalue weighted by Gasteiger charge is -2.27. The smallest absolute Gasteiger partial charge is 0.190 e. The lowest BCUT2D eigenvalue weighted by atomic mass is 9.78. The van der Waals surface area contributed by atoms with Crippen LogP contribution in [-0.2, 0) is 6.42 Å². The minimum absolute atomic E-state index is 0.348. The molecule has 0 saturated heterocycles. The molecule has 1 aromatic carbocycles. The van der Waals surface area contributed by atoms with E-state index in [-0.39, 0.29) is 0 Å². The van der Waals surface area contributed by atoms with E-state index in [1.54, 1.807) is 0 Å². The predicted octanol–water partition coefficient (Wildman–Crippen LogP) is 6.18. The Morgan fingerprint density at radius 2 is 1.58 bits per heavy atom. The summed E-state index contributed by atoms with van der Waals surface area (Å²) in [7, 11) is 0. The Morgan fingerprint density at radius 1 is 0.917 bits per heavy atom. The second kappa shape index (κ2) is 7.87. The molecule has 1 aliphatic carbocycles. The molecule has 1 nitrogen and oxygen atoms in total. The molecule has 0 unspecified atom stereocenters. The largest absolute Gasteiger partial charge is 0.223 e. The number of nitrogens with zero attached hydrogens (tertiary/aromatic N) is 1. The fourth-order valence-electron chi connectivity index (χ4n) is 3.78. The monoisotopic (exact) mass is 329 g/mol. The van der Waals surface area contributed by atoms with Crippen molar-refractivity contribution in [3.63, 3.8) is 0 Å². The average molecular weight is 329 g/mol. The molecule has 1 aliphatic rings. The van der Waals surface area contributed by atoms with Crippen LogP contribution in [-0.4, -0.2) is 4.98 Å². The van der Waals surface area contributed by atoms with Crippen molar-refractivity contribution < 1.29 is 8.78 Å². The van der Waals surface area contributed by atoms with Crippen molar-refractivity contribution in [2.75, 3.05) is 0 Å². The Kier molecular flexibility index (Phi) is 5.60. The van der Waals surface area contributed by atoms with Gasteiger partial charge >= 0.3 is 0 Å². The van der Waals surface area contributed by atoms with Crippen molar-refractivity contribution in [3.8, 4) is 11.1 Å². The van der Waals surface area contributed by atoms with Crippen LogP contribution in [0, 0.1) is 23.7 Å². The predicted molar refractivity (Wildman–Crippen MR) is 93.6 cm³/mol. The van der Waals surface area contributed by atoms with Crippen molar-refractivity contribution in [3.05, 3.63) is 53.9 Å². The molecule has 0 N–H and O–H groups in total. The van der Waals surface area contributed by atoms with Crippen LogP contribution in [0.5, 0.6) is 0 Å². The zero-order chi connectivity index (χ0) is 16.9. The van der Waals surface area contributed by atoms with Crippen LogP contribution in [0.15, 0.2) is 36.4 Å². The molecule has 3 rings (SSSR count). The molecule has 0 atom stereocenters. The third-order valence-corrected chi connectivity index (χ3v) is 5.46. The van der Waals surface area contributed by atoms with Crippen LogP contribution >= 0.6 is 0 Å². The standard InChI is InChI=1S/C21H25F2N/c1-2-15-3-5-16(6-4-15)7-8-17-9-11-18(12-10-17)19-13-14-20(22)24-21(19)23/h9-16H,2-8H2,1H3. The van der Waals surface area contributed by atoms with E-state index in [4.69, 9.17) is 0 Å². The van der Waals surface area contributed by atoms with Gasteiger partial charge in [-0.2, -0.15) is 13.8 Å². The van der Waals surface area contributed by atoms with Gasteiger partial charge in [0.2, 0.25) is 11.9 Å². The fraction of sp³-hybridized carbons (Fsp3) is 0.476. The Labute approximate surface area is 143 Å². The minimum Gasteiger partial charge on any atom is -0.190 e. The summed E-state index contributed by atoms with van der Waals surface area (Å²) in [4.78, 5) is 3.25. The van der Waals surface area contributed by atoms with Crippen LogP contribution in [0.4, 0.5) is 8.78 Å². The maximum Gasteiger partial charge on any atom is 0.223 e. The Hall–Kier alpha value is -1.77. The molecule has 0 spiro atoms. The van der Waals surface area contributed by atoms with Gasteiger partial charge < -0.3 is 0 Å². The van der Waals surface area contributed by atoms with E-state index in [1.807, 2.05) is 12.1 Å². The van der Waals surface area contributed by atoms with E-state index >= 15 is 0 Å². The van der Waals surface area contributed by atoms with Crippen molar-refractivity contribution >= 4 is 0 Å². The topological polar surface area (TPSA) is 12.9 Å². The molecule has 0 radical (unpaired) electrons. The quantitative estimate of drug-likeness (QED) is 0.597. The first kappa shape index (κ1) is 17.1. The highest BCUT2D eigenvalue weighted by atomic mass is 19.1. The zero-order valence-electron chi connectivity index (χ0n) is 14.3. The lowest BCUT2D eigenvalue weighted by molar-refractivity contribution is 0.259. The molecule has 1 fully saturated rings. The van der Waals surface area contributed by atoms with Crippen LogP contribution in [0.1, 0.15) is 51.0 Å². The summed E-state index contributed by atoms with van der Waals surface area (Å²) in [6.45, 7) is 2.30. The molecular weight excluding hydrogens is 304 g/mol. The van der Waals surface area contributed by atoms with E-state index in [0.29, 0.717) is 5.56 Å². The van der Waals surface area contributed by atoms with Gasteiger partial charge in [-0.1, -0.05) is 63.3 Å². The number of hydrogen-bond donors (Lipinski definition) is 0. The summed E-state index contributed by atoms with van der Waals surface area (Å²) >= 11 is 0. The zero-order valence-corrected chi connectivity index (χ0v) is 14.3. The molecule has 1 heterocycles. The van der Waals surface area contributed by atoms with Crippen molar-refractivity contribution in [2.24, 2.45) is 11.8 Å². The number of aromatic nitrogens is 1. The summed E-state index contributed by atoms with van der Waals surface area (Å²) in [6.07, 6.45) is 9.14. The molecule has 24 heavy (non-hydrogen) atoms. The summed E-state index contributed by atoms with van der Waals surface area (Å²) in [5.41, 5.74) is 2.37. The Morgan fingerprint density at radius 3 is 2.21 bits per heavy atom. The maximum absolute atomic E-state index is 13.7. The Bertz CT molecular complexity index is 658. The maximum atomic E-state index is 13.7. The van der Waals surface area contributed by atoms with Gasteiger partial charge in [-0.3, -0.25) is 0 Å². The summed E-state index contributed by atoms with van der Waals surface area (Å²) in [5.74, 6) is 0.257. The molecule has 2 aromatic rings. The van der Waals surface area contributed by atoms with Gasteiger partial charge in [0.05, 0.1) is 0 Å². The molecule has 0 bridgehead atoms. The Balaban J connectivity index is 1.57. The SMILES string of the molecule is CCC1CCC(CCc2ccc(-c3ccc(F)nc3F)cc2)CC1. The third-order valence-electron chi connectivity index (χ3n) is 5.46. The van der Waals surface area contributed by atoms with E-state index in [9.17, 15) is 8.78 Å². The number of hydrogen-bond acceptors (Lipinski definition) is 1. The van der Waals surface area contributed by atoms with E-state index in [2.05, 4.69) is 24.0 Å². The number of rotatable bonds is 5. The summed E-state index contributed by atoms with van der Waals surface area (Å²) in [5, 5.41) is 0. The van der Waals surface area contributed by atoms with Gasteiger partial charge in [-0.25, -0.2) is 0 Å². The van der Waals surface area contributed by atoms with Crippen LogP contribution in [0.25, 0.3) is 11.1 Å². The second-order valence-electron chi connectivity index (χ2n) is 7.00. The van der Waals surface area contributed by atoms with Gasteiger partial charge in [0, 0.05) is 5.56 Å². The van der Waals surface area contributed by atoms with Crippen LogP contribution < -0.4 is 0 Å². The van der Waals surface area contributed by atoms with Gasteiger partial charge in [-0.05, 0) is 47.9 Å². The molecule has 0 aliphatic heterocycles. The summed E-state index contributed by atoms with van der Waals surface area (Å²) < 4.78 is 26.6. The highest BCUT2D eigenvalue weighted by Gasteiger charge is 2.19. The second-order valence-corrected chi connectivity index (χ2v) is 7.00. The van der Waals surface area contributed by atoms with Crippen LogP contribution in [0.3, 0.4) is 0 Å². The number of pyridine rings is 1. The molecule has 0 amide bonds. The molecular formula is C21H25F2N. The third kappa shape index (κ3) is 4.19. The molecule has 1 aromatic heterocycles. The molecule has 3 heteroatoms. The minimum atomic E-state index is -0.786. The average Bonchev–Trinajstić information content (AvgIpc) is 2.61.